The van der Waals surface area contributed by atoms with Crippen molar-refractivity contribution in [2.24, 2.45) is 0 Å². The molecule has 0 saturated heterocycles. The van der Waals surface area contributed by atoms with E-state index in [4.69, 9.17) is 4.74 Å². The number of amides is 1. The van der Waals surface area contributed by atoms with Crippen LogP contribution in [0.5, 0.6) is 5.75 Å². The Morgan fingerprint density at radius 2 is 2.00 bits per heavy atom. The number of esters is 1. The summed E-state index contributed by atoms with van der Waals surface area (Å²) in [7, 11) is 4.01. The van der Waals surface area contributed by atoms with Gasteiger partial charge >= 0.3 is 5.97 Å². The Morgan fingerprint density at radius 3 is 2.50 bits per heavy atom. The molecule has 5 nitrogen and oxygen atoms in total. The van der Waals surface area contributed by atoms with Crippen LogP contribution < -0.4 is 4.74 Å². The summed E-state index contributed by atoms with van der Waals surface area (Å²) in [5.41, 5.74) is -0.123. The normalized spacial score (nSPS) is 9.78. The largest absolute Gasteiger partial charge is 0.497 e. The minimum Gasteiger partial charge on any atom is -0.497 e. The number of ether oxygens (including phenoxy) is 2. The summed E-state index contributed by atoms with van der Waals surface area (Å²) >= 11 is 0. The molecule has 0 aliphatic rings. The van der Waals surface area contributed by atoms with E-state index in [1.54, 1.807) is 0 Å². The standard InChI is InChI=1S/C12H14FNO4/c1-14(7-11(15)18-3)12(16)9-5-4-8(17-2)6-10(9)13/h4-6H,7H2,1-3H3. The van der Waals surface area contributed by atoms with E-state index in [1.165, 1.54) is 33.4 Å². The zero-order valence-corrected chi connectivity index (χ0v) is 10.4. The zero-order chi connectivity index (χ0) is 13.7. The second-order valence-electron chi connectivity index (χ2n) is 3.58. The number of rotatable bonds is 4. The van der Waals surface area contributed by atoms with E-state index in [0.29, 0.717) is 5.75 Å². The maximum Gasteiger partial charge on any atom is 0.325 e. The summed E-state index contributed by atoms with van der Waals surface area (Å²) in [4.78, 5) is 23.9. The zero-order valence-electron chi connectivity index (χ0n) is 10.4. The highest BCUT2D eigenvalue weighted by atomic mass is 19.1. The Balaban J connectivity index is 2.86. The Hall–Kier alpha value is -2.11. The van der Waals surface area contributed by atoms with Crippen LogP contribution in [-0.2, 0) is 9.53 Å². The first-order valence-electron chi connectivity index (χ1n) is 5.15. The van der Waals surface area contributed by atoms with Crippen LogP contribution in [0.25, 0.3) is 0 Å². The number of nitrogens with zero attached hydrogens (tertiary/aromatic N) is 1. The first kappa shape index (κ1) is 14.0. The van der Waals surface area contributed by atoms with Gasteiger partial charge in [0.1, 0.15) is 18.1 Å². The van der Waals surface area contributed by atoms with Gasteiger partial charge in [-0.3, -0.25) is 9.59 Å². The first-order chi connectivity index (χ1) is 8.49. The van der Waals surface area contributed by atoms with Crippen LogP contribution in [0.2, 0.25) is 0 Å². The Morgan fingerprint density at radius 1 is 1.33 bits per heavy atom. The molecule has 0 heterocycles. The van der Waals surface area contributed by atoms with Crippen molar-refractivity contribution >= 4 is 11.9 Å². The summed E-state index contributed by atoms with van der Waals surface area (Å²) in [6.07, 6.45) is 0. The van der Waals surface area contributed by atoms with Gasteiger partial charge < -0.3 is 14.4 Å². The molecule has 0 unspecified atom stereocenters. The molecular weight excluding hydrogens is 241 g/mol. The van der Waals surface area contributed by atoms with E-state index in [-0.39, 0.29) is 12.1 Å². The van der Waals surface area contributed by atoms with E-state index in [9.17, 15) is 14.0 Å². The van der Waals surface area contributed by atoms with Gasteiger partial charge in [0.05, 0.1) is 19.8 Å². The number of hydrogen-bond acceptors (Lipinski definition) is 4. The molecule has 6 heteroatoms. The SMILES string of the molecule is COC(=O)CN(C)C(=O)c1ccc(OC)cc1F. The molecule has 1 aromatic rings. The third kappa shape index (κ3) is 3.19. The molecule has 0 spiro atoms. The molecule has 18 heavy (non-hydrogen) atoms. The van der Waals surface area contributed by atoms with Crippen molar-refractivity contribution in [2.45, 2.75) is 0 Å². The van der Waals surface area contributed by atoms with Crippen LogP contribution in [0.3, 0.4) is 0 Å². The average molecular weight is 255 g/mol. The van der Waals surface area contributed by atoms with Gasteiger partial charge in [0.15, 0.2) is 0 Å². The summed E-state index contributed by atoms with van der Waals surface area (Å²) in [5, 5.41) is 0. The van der Waals surface area contributed by atoms with Gasteiger partial charge in [0, 0.05) is 13.1 Å². The van der Waals surface area contributed by atoms with Gasteiger partial charge in [-0.15, -0.1) is 0 Å². The highest BCUT2D eigenvalue weighted by Gasteiger charge is 2.18. The second kappa shape index (κ2) is 6.00. The van der Waals surface area contributed by atoms with Gasteiger partial charge in [-0.05, 0) is 12.1 Å². The molecule has 0 atom stereocenters. The average Bonchev–Trinajstić information content (AvgIpc) is 2.37. The van der Waals surface area contributed by atoms with E-state index in [1.807, 2.05) is 0 Å². The molecule has 0 saturated carbocycles. The molecule has 0 aromatic heterocycles. The van der Waals surface area contributed by atoms with Crippen LogP contribution in [0.4, 0.5) is 4.39 Å². The molecule has 98 valence electrons. The summed E-state index contributed by atoms with van der Waals surface area (Å²) in [5.74, 6) is -1.55. The van der Waals surface area contributed by atoms with Crippen molar-refractivity contribution in [3.63, 3.8) is 0 Å². The highest BCUT2D eigenvalue weighted by molar-refractivity contribution is 5.96. The lowest BCUT2D eigenvalue weighted by molar-refractivity contribution is -0.141. The number of benzene rings is 1. The van der Waals surface area contributed by atoms with E-state index < -0.39 is 17.7 Å². The fourth-order valence-electron chi connectivity index (χ4n) is 1.33. The van der Waals surface area contributed by atoms with Crippen LogP contribution in [-0.4, -0.2) is 44.6 Å². The highest BCUT2D eigenvalue weighted by Crippen LogP contribution is 2.17. The van der Waals surface area contributed by atoms with Gasteiger partial charge in [-0.2, -0.15) is 0 Å². The number of halogens is 1. The van der Waals surface area contributed by atoms with Crippen molar-refractivity contribution in [1.29, 1.82) is 0 Å². The number of carbonyl (C=O) groups is 2. The lowest BCUT2D eigenvalue weighted by atomic mass is 10.2. The predicted octanol–water partition coefficient (Wildman–Crippen LogP) is 1.08. The molecule has 1 rings (SSSR count). The smallest absolute Gasteiger partial charge is 0.325 e. The lowest BCUT2D eigenvalue weighted by Gasteiger charge is -2.16. The van der Waals surface area contributed by atoms with Crippen molar-refractivity contribution in [1.82, 2.24) is 4.90 Å². The van der Waals surface area contributed by atoms with Gasteiger partial charge in [-0.1, -0.05) is 0 Å². The van der Waals surface area contributed by atoms with Crippen LogP contribution in [0.1, 0.15) is 10.4 Å². The van der Waals surface area contributed by atoms with Gasteiger partial charge in [0.25, 0.3) is 5.91 Å². The fraction of sp³-hybridized carbons (Fsp3) is 0.333. The van der Waals surface area contributed by atoms with E-state index in [2.05, 4.69) is 4.74 Å². The molecule has 0 fully saturated rings. The molecule has 1 amide bonds. The maximum absolute atomic E-state index is 13.6. The minimum atomic E-state index is -0.698. The summed E-state index contributed by atoms with van der Waals surface area (Å²) in [6, 6.07) is 3.89. The molecule has 0 aliphatic heterocycles. The van der Waals surface area contributed by atoms with Gasteiger partial charge in [0.2, 0.25) is 0 Å². The van der Waals surface area contributed by atoms with Crippen LogP contribution in [0, 0.1) is 5.82 Å². The Kier molecular flexibility index (Phi) is 4.65. The first-order valence-corrected chi connectivity index (χ1v) is 5.15. The summed E-state index contributed by atoms with van der Waals surface area (Å²) < 4.78 is 22.9. The van der Waals surface area contributed by atoms with Gasteiger partial charge in [-0.25, -0.2) is 4.39 Å². The Bertz CT molecular complexity index is 461. The quantitative estimate of drug-likeness (QED) is 0.755. The minimum absolute atomic E-state index is 0.123. The Labute approximate surface area is 104 Å². The summed E-state index contributed by atoms with van der Waals surface area (Å²) in [6.45, 7) is -0.235. The second-order valence-corrected chi connectivity index (χ2v) is 3.58. The maximum atomic E-state index is 13.6. The van der Waals surface area contributed by atoms with Crippen LogP contribution >= 0.6 is 0 Å². The number of likely N-dealkylation sites (N-methyl/N-ethyl adjacent to an activating group) is 1. The molecule has 1 aromatic carbocycles. The van der Waals surface area contributed by atoms with Crippen molar-refractivity contribution in [2.75, 3.05) is 27.8 Å². The molecule has 0 aliphatic carbocycles. The van der Waals surface area contributed by atoms with Crippen LogP contribution in [0.15, 0.2) is 18.2 Å². The topological polar surface area (TPSA) is 55.8 Å². The van der Waals surface area contributed by atoms with E-state index in [0.717, 1.165) is 11.0 Å². The number of hydrogen-bond donors (Lipinski definition) is 0. The number of methoxy groups -OCH3 is 2. The molecular formula is C12H14FNO4. The third-order valence-electron chi connectivity index (χ3n) is 2.35. The molecule has 0 N–H and O–H groups in total. The fourth-order valence-corrected chi connectivity index (χ4v) is 1.33. The third-order valence-corrected chi connectivity index (χ3v) is 2.35. The van der Waals surface area contributed by atoms with Crippen molar-refractivity contribution in [3.05, 3.63) is 29.6 Å². The van der Waals surface area contributed by atoms with Crippen molar-refractivity contribution < 1.29 is 23.5 Å². The molecule has 0 bridgehead atoms. The van der Waals surface area contributed by atoms with Crippen molar-refractivity contribution in [3.8, 4) is 5.75 Å². The number of carbonyl (C=O) groups excluding carboxylic acids is 2. The van der Waals surface area contributed by atoms with E-state index >= 15 is 0 Å². The predicted molar refractivity (Wildman–Crippen MR) is 61.9 cm³/mol. The molecule has 0 radical (unpaired) electrons. The lowest BCUT2D eigenvalue weighted by Crippen LogP contribution is -2.33. The monoisotopic (exact) mass is 255 g/mol.